The summed E-state index contributed by atoms with van der Waals surface area (Å²) in [6.07, 6.45) is 8.65. The van der Waals surface area contributed by atoms with Gasteiger partial charge in [-0.25, -0.2) is 0 Å². The molecule has 2 nitrogen and oxygen atoms in total. The lowest BCUT2D eigenvalue weighted by molar-refractivity contribution is -0.123. The van der Waals surface area contributed by atoms with Gasteiger partial charge in [0.05, 0.1) is 13.2 Å². The number of hydrogen-bond donors (Lipinski definition) is 1. The molecule has 1 heterocycles. The molecule has 84 valence electrons. The van der Waals surface area contributed by atoms with Gasteiger partial charge in [-0.2, -0.15) is 0 Å². The van der Waals surface area contributed by atoms with Gasteiger partial charge >= 0.3 is 0 Å². The van der Waals surface area contributed by atoms with Gasteiger partial charge < -0.3 is 9.84 Å². The minimum atomic E-state index is 0.346. The molecule has 0 bridgehead atoms. The Labute approximate surface area is 87.7 Å². The van der Waals surface area contributed by atoms with Crippen LogP contribution in [0.15, 0.2) is 0 Å². The summed E-state index contributed by atoms with van der Waals surface area (Å²) in [5.74, 6) is 0. The number of hydrogen-bond acceptors (Lipinski definition) is 2. The Hall–Kier alpha value is -0.0800. The van der Waals surface area contributed by atoms with E-state index in [0.717, 1.165) is 19.6 Å². The third-order valence-corrected chi connectivity index (χ3v) is 3.24. The molecule has 1 saturated heterocycles. The second-order valence-corrected chi connectivity index (χ2v) is 4.63. The number of unbranched alkanes of at least 4 members (excludes halogenated alkanes) is 3. The quantitative estimate of drug-likeness (QED) is 0.610. The number of rotatable bonds is 8. The normalized spacial score (nSPS) is 19.3. The first-order valence-corrected chi connectivity index (χ1v) is 6.01. The number of aliphatic hydroxyl groups is 1. The van der Waals surface area contributed by atoms with Gasteiger partial charge in [0, 0.05) is 12.0 Å². The second-order valence-electron chi connectivity index (χ2n) is 4.63. The van der Waals surface area contributed by atoms with E-state index < -0.39 is 0 Å². The van der Waals surface area contributed by atoms with Crippen LogP contribution in [-0.4, -0.2) is 24.9 Å². The van der Waals surface area contributed by atoms with E-state index in [4.69, 9.17) is 9.84 Å². The highest BCUT2D eigenvalue weighted by Crippen LogP contribution is 2.38. The lowest BCUT2D eigenvalue weighted by Crippen LogP contribution is -2.42. The molecule has 0 aliphatic carbocycles. The van der Waals surface area contributed by atoms with E-state index in [9.17, 15) is 0 Å². The van der Waals surface area contributed by atoms with E-state index >= 15 is 0 Å². The molecule has 0 aromatic carbocycles. The van der Waals surface area contributed by atoms with E-state index in [0.29, 0.717) is 12.0 Å². The monoisotopic (exact) mass is 200 g/mol. The first kappa shape index (κ1) is 12.0. The number of aliphatic hydroxyl groups excluding tert-OH is 1. The first-order valence-electron chi connectivity index (χ1n) is 6.01. The molecular formula is C12H24O2. The van der Waals surface area contributed by atoms with E-state index in [1.807, 2.05) is 0 Å². The standard InChI is InChI=1S/C12H24O2/c1-2-3-7-12(10-14-11-12)8-5-4-6-9-13/h13H,2-11H2,1H3. The molecule has 0 atom stereocenters. The average molecular weight is 200 g/mol. The van der Waals surface area contributed by atoms with Crippen LogP contribution in [0.25, 0.3) is 0 Å². The summed E-state index contributed by atoms with van der Waals surface area (Å²) in [7, 11) is 0. The zero-order valence-corrected chi connectivity index (χ0v) is 9.43. The highest BCUT2D eigenvalue weighted by Gasteiger charge is 2.36. The minimum absolute atomic E-state index is 0.346. The molecule has 0 aromatic rings. The molecule has 0 saturated carbocycles. The van der Waals surface area contributed by atoms with Crippen LogP contribution in [-0.2, 0) is 4.74 Å². The van der Waals surface area contributed by atoms with E-state index in [2.05, 4.69) is 6.92 Å². The molecule has 14 heavy (non-hydrogen) atoms. The highest BCUT2D eigenvalue weighted by atomic mass is 16.5. The number of ether oxygens (including phenoxy) is 1. The van der Waals surface area contributed by atoms with Crippen LogP contribution in [0.1, 0.15) is 51.9 Å². The third kappa shape index (κ3) is 3.58. The van der Waals surface area contributed by atoms with Crippen molar-refractivity contribution >= 4 is 0 Å². The lowest BCUT2D eigenvalue weighted by atomic mass is 9.76. The molecule has 0 spiro atoms. The molecule has 1 aliphatic heterocycles. The molecule has 0 radical (unpaired) electrons. The van der Waals surface area contributed by atoms with Gasteiger partial charge in [0.1, 0.15) is 0 Å². The van der Waals surface area contributed by atoms with Crippen LogP contribution >= 0.6 is 0 Å². The average Bonchev–Trinajstić information content (AvgIpc) is 2.15. The molecule has 1 fully saturated rings. The van der Waals surface area contributed by atoms with Crippen molar-refractivity contribution in [3.05, 3.63) is 0 Å². The molecule has 1 aliphatic rings. The van der Waals surface area contributed by atoms with Crippen LogP contribution < -0.4 is 0 Å². The Kier molecular flexibility index (Phi) is 5.49. The van der Waals surface area contributed by atoms with Crippen molar-refractivity contribution in [1.82, 2.24) is 0 Å². The fourth-order valence-electron chi connectivity index (χ4n) is 2.14. The second kappa shape index (κ2) is 6.41. The van der Waals surface area contributed by atoms with Crippen molar-refractivity contribution in [2.24, 2.45) is 5.41 Å². The van der Waals surface area contributed by atoms with Crippen LogP contribution in [0.2, 0.25) is 0 Å². The van der Waals surface area contributed by atoms with Gasteiger partial charge in [-0.1, -0.05) is 32.6 Å². The smallest absolute Gasteiger partial charge is 0.0544 e. The van der Waals surface area contributed by atoms with Crippen LogP contribution in [0.3, 0.4) is 0 Å². The summed E-state index contributed by atoms with van der Waals surface area (Å²) in [6.45, 7) is 4.55. The summed E-state index contributed by atoms with van der Waals surface area (Å²) in [5.41, 5.74) is 0.519. The van der Waals surface area contributed by atoms with Crippen molar-refractivity contribution < 1.29 is 9.84 Å². The van der Waals surface area contributed by atoms with Crippen LogP contribution in [0, 0.1) is 5.41 Å². The Bertz CT molecular complexity index is 141. The van der Waals surface area contributed by atoms with Crippen molar-refractivity contribution in [3.63, 3.8) is 0 Å². The van der Waals surface area contributed by atoms with Gasteiger partial charge in [-0.3, -0.25) is 0 Å². The minimum Gasteiger partial charge on any atom is -0.396 e. The van der Waals surface area contributed by atoms with Crippen LogP contribution in [0.5, 0.6) is 0 Å². The van der Waals surface area contributed by atoms with Gasteiger partial charge in [-0.05, 0) is 19.3 Å². The zero-order valence-electron chi connectivity index (χ0n) is 9.43. The summed E-state index contributed by atoms with van der Waals surface area (Å²) in [5, 5.41) is 8.68. The van der Waals surface area contributed by atoms with Crippen molar-refractivity contribution in [1.29, 1.82) is 0 Å². The molecular weight excluding hydrogens is 176 g/mol. The Morgan fingerprint density at radius 2 is 1.79 bits per heavy atom. The van der Waals surface area contributed by atoms with Crippen LogP contribution in [0.4, 0.5) is 0 Å². The Morgan fingerprint density at radius 1 is 1.07 bits per heavy atom. The van der Waals surface area contributed by atoms with E-state index in [1.165, 1.54) is 38.5 Å². The Balaban J connectivity index is 2.10. The largest absolute Gasteiger partial charge is 0.396 e. The summed E-state index contributed by atoms with van der Waals surface area (Å²) in [6, 6.07) is 0. The summed E-state index contributed by atoms with van der Waals surface area (Å²) in [4.78, 5) is 0. The van der Waals surface area contributed by atoms with E-state index in [-0.39, 0.29) is 0 Å². The maximum atomic E-state index is 8.68. The third-order valence-electron chi connectivity index (χ3n) is 3.24. The molecule has 0 aromatic heterocycles. The molecule has 2 heteroatoms. The SMILES string of the molecule is CCCCC1(CCCCCO)COC1. The Morgan fingerprint density at radius 3 is 2.29 bits per heavy atom. The maximum Gasteiger partial charge on any atom is 0.0544 e. The predicted octanol–water partition coefficient (Wildman–Crippen LogP) is 2.75. The van der Waals surface area contributed by atoms with Gasteiger partial charge in [-0.15, -0.1) is 0 Å². The van der Waals surface area contributed by atoms with E-state index in [1.54, 1.807) is 0 Å². The molecule has 1 N–H and O–H groups in total. The topological polar surface area (TPSA) is 29.5 Å². The molecule has 1 rings (SSSR count). The van der Waals surface area contributed by atoms with Crippen molar-refractivity contribution in [3.8, 4) is 0 Å². The predicted molar refractivity (Wildman–Crippen MR) is 58.3 cm³/mol. The van der Waals surface area contributed by atoms with Gasteiger partial charge in [0.25, 0.3) is 0 Å². The fraction of sp³-hybridized carbons (Fsp3) is 1.00. The van der Waals surface area contributed by atoms with Gasteiger partial charge in [0.2, 0.25) is 0 Å². The molecule has 0 amide bonds. The summed E-state index contributed by atoms with van der Waals surface area (Å²) < 4.78 is 5.34. The highest BCUT2D eigenvalue weighted by molar-refractivity contribution is 4.85. The zero-order chi connectivity index (χ0) is 10.3. The molecule has 0 unspecified atom stereocenters. The first-order chi connectivity index (χ1) is 6.83. The maximum absolute atomic E-state index is 8.68. The van der Waals surface area contributed by atoms with Crippen molar-refractivity contribution in [2.45, 2.75) is 51.9 Å². The fourth-order valence-corrected chi connectivity index (χ4v) is 2.14. The van der Waals surface area contributed by atoms with Gasteiger partial charge in [0.15, 0.2) is 0 Å². The van der Waals surface area contributed by atoms with Crippen molar-refractivity contribution in [2.75, 3.05) is 19.8 Å². The summed E-state index contributed by atoms with van der Waals surface area (Å²) >= 11 is 0. The lowest BCUT2D eigenvalue weighted by Gasteiger charge is -2.42.